The van der Waals surface area contributed by atoms with Crippen molar-refractivity contribution in [1.29, 1.82) is 0 Å². The minimum absolute atomic E-state index is 0. The zero-order valence-corrected chi connectivity index (χ0v) is 7.71. The summed E-state index contributed by atoms with van der Waals surface area (Å²) >= 11 is 0. The van der Waals surface area contributed by atoms with Crippen molar-refractivity contribution in [1.82, 2.24) is 0 Å². The molecule has 1 rings (SSSR count). The van der Waals surface area contributed by atoms with E-state index in [1.165, 1.54) is 5.30 Å². The zero-order valence-electron chi connectivity index (χ0n) is 4.28. The van der Waals surface area contributed by atoms with Gasteiger partial charge in [-0.25, -0.2) is 0 Å². The standard InChI is InChI=1S/C6H7P.Pt/c7-6-4-2-1-3-5-6;/h1-5H,7H2;. The molecule has 0 fully saturated rings. The maximum absolute atomic E-state index is 2.63. The third-order valence-corrected chi connectivity index (χ3v) is 1.18. The molecule has 0 bridgehead atoms. The average molecular weight is 305 g/mol. The minimum Gasteiger partial charge on any atom is -0.106 e. The Morgan fingerprint density at radius 2 is 1.50 bits per heavy atom. The first-order chi connectivity index (χ1) is 3.39. The molecule has 46 valence electrons. The Kier molecular flexibility index (Phi) is 4.42. The Morgan fingerprint density at radius 3 is 1.75 bits per heavy atom. The molecule has 8 heavy (non-hydrogen) atoms. The molecule has 1 unspecified atom stereocenters. The topological polar surface area (TPSA) is 0 Å². The molecule has 0 aliphatic heterocycles. The number of rotatable bonds is 0. The summed E-state index contributed by atoms with van der Waals surface area (Å²) in [5.41, 5.74) is 0. The van der Waals surface area contributed by atoms with Crippen molar-refractivity contribution >= 4 is 14.5 Å². The smallest absolute Gasteiger partial charge is 0 e. The molecular weight excluding hydrogens is 298 g/mol. The third-order valence-electron chi connectivity index (χ3n) is 0.800. The number of benzene rings is 1. The van der Waals surface area contributed by atoms with Gasteiger partial charge in [0.2, 0.25) is 0 Å². The van der Waals surface area contributed by atoms with E-state index in [0.717, 1.165) is 0 Å². The Balaban J connectivity index is 0.000000490. The first kappa shape index (κ1) is 8.34. The van der Waals surface area contributed by atoms with Crippen LogP contribution in [0.4, 0.5) is 0 Å². The summed E-state index contributed by atoms with van der Waals surface area (Å²) in [6.07, 6.45) is 0. The van der Waals surface area contributed by atoms with Crippen LogP contribution in [0.5, 0.6) is 0 Å². The maximum Gasteiger partial charge on any atom is 0 e. The van der Waals surface area contributed by atoms with Gasteiger partial charge in [0.05, 0.1) is 0 Å². The molecule has 1 aromatic carbocycles. The fourth-order valence-electron chi connectivity index (χ4n) is 0.453. The van der Waals surface area contributed by atoms with E-state index in [4.69, 9.17) is 0 Å². The van der Waals surface area contributed by atoms with Gasteiger partial charge >= 0.3 is 0 Å². The second-order valence-electron chi connectivity index (χ2n) is 1.41. The molecule has 0 amide bonds. The predicted molar refractivity (Wildman–Crippen MR) is 35.8 cm³/mol. The van der Waals surface area contributed by atoms with Crippen LogP contribution in [-0.4, -0.2) is 0 Å². The average Bonchev–Trinajstić information content (AvgIpc) is 1.69. The van der Waals surface area contributed by atoms with Crippen molar-refractivity contribution < 1.29 is 21.1 Å². The predicted octanol–water partition coefficient (Wildman–Crippen LogP) is 1.18. The Morgan fingerprint density at radius 1 is 1.00 bits per heavy atom. The molecule has 0 nitrogen and oxygen atoms in total. The van der Waals surface area contributed by atoms with Gasteiger partial charge in [0.25, 0.3) is 0 Å². The van der Waals surface area contributed by atoms with Gasteiger partial charge < -0.3 is 0 Å². The molecule has 0 N–H and O–H groups in total. The van der Waals surface area contributed by atoms with Crippen LogP contribution < -0.4 is 5.30 Å². The van der Waals surface area contributed by atoms with Gasteiger partial charge in [-0.1, -0.05) is 30.3 Å². The Labute approximate surface area is 66.1 Å². The first-order valence-electron chi connectivity index (χ1n) is 2.20. The van der Waals surface area contributed by atoms with E-state index < -0.39 is 0 Å². The van der Waals surface area contributed by atoms with Gasteiger partial charge in [-0.2, -0.15) is 0 Å². The van der Waals surface area contributed by atoms with Gasteiger partial charge in [0.1, 0.15) is 0 Å². The molecule has 1 aromatic rings. The summed E-state index contributed by atoms with van der Waals surface area (Å²) in [6.45, 7) is 0. The van der Waals surface area contributed by atoms with Gasteiger partial charge in [0, 0.05) is 21.1 Å². The van der Waals surface area contributed by atoms with E-state index >= 15 is 0 Å². The van der Waals surface area contributed by atoms with E-state index in [9.17, 15) is 0 Å². The molecule has 0 saturated heterocycles. The van der Waals surface area contributed by atoms with Gasteiger partial charge in [-0.3, -0.25) is 0 Å². The van der Waals surface area contributed by atoms with Crippen LogP contribution in [0, 0.1) is 0 Å². The SMILES string of the molecule is Pc1ccccc1.[Pt]. The van der Waals surface area contributed by atoms with Crippen molar-refractivity contribution in [2.45, 2.75) is 0 Å². The molecule has 0 radical (unpaired) electrons. The molecule has 0 aliphatic rings. The van der Waals surface area contributed by atoms with Crippen molar-refractivity contribution in [3.63, 3.8) is 0 Å². The molecule has 0 spiro atoms. The van der Waals surface area contributed by atoms with Crippen molar-refractivity contribution in [2.24, 2.45) is 0 Å². The van der Waals surface area contributed by atoms with Crippen molar-refractivity contribution in [2.75, 3.05) is 0 Å². The molecule has 2 heteroatoms. The number of hydrogen-bond acceptors (Lipinski definition) is 0. The Hall–Kier alpha value is 0.338. The fourth-order valence-corrected chi connectivity index (χ4v) is 0.675. The van der Waals surface area contributed by atoms with Crippen LogP contribution in [0.1, 0.15) is 0 Å². The minimum atomic E-state index is 0. The van der Waals surface area contributed by atoms with Crippen LogP contribution in [0.3, 0.4) is 0 Å². The molecule has 0 saturated carbocycles. The van der Waals surface area contributed by atoms with E-state index in [2.05, 4.69) is 9.24 Å². The van der Waals surface area contributed by atoms with Gasteiger partial charge in [0.15, 0.2) is 0 Å². The summed E-state index contributed by atoms with van der Waals surface area (Å²) in [5.74, 6) is 0. The monoisotopic (exact) mass is 305 g/mol. The quantitative estimate of drug-likeness (QED) is 0.632. The summed E-state index contributed by atoms with van der Waals surface area (Å²) < 4.78 is 0. The second-order valence-corrected chi connectivity index (χ2v) is 2.08. The van der Waals surface area contributed by atoms with Crippen LogP contribution in [0.15, 0.2) is 30.3 Å². The van der Waals surface area contributed by atoms with Crippen LogP contribution in [0.2, 0.25) is 0 Å². The van der Waals surface area contributed by atoms with Crippen LogP contribution in [0.25, 0.3) is 0 Å². The van der Waals surface area contributed by atoms with E-state index in [1.807, 2.05) is 30.3 Å². The van der Waals surface area contributed by atoms with Gasteiger partial charge in [-0.15, -0.1) is 9.24 Å². The molecular formula is C6H7PPt. The molecule has 0 aromatic heterocycles. The molecule has 0 heterocycles. The van der Waals surface area contributed by atoms with E-state index in [-0.39, 0.29) is 21.1 Å². The second kappa shape index (κ2) is 4.24. The third kappa shape index (κ3) is 2.60. The normalized spacial score (nSPS) is 7.62. The van der Waals surface area contributed by atoms with Crippen LogP contribution in [-0.2, 0) is 21.1 Å². The number of hydrogen-bond donors (Lipinski definition) is 0. The summed E-state index contributed by atoms with van der Waals surface area (Å²) in [5, 5.41) is 1.24. The summed E-state index contributed by atoms with van der Waals surface area (Å²) in [7, 11) is 2.63. The Bertz CT molecular complexity index is 138. The molecule has 1 atom stereocenters. The van der Waals surface area contributed by atoms with Crippen LogP contribution >= 0.6 is 9.24 Å². The maximum atomic E-state index is 2.63. The summed E-state index contributed by atoms with van der Waals surface area (Å²) in [6, 6.07) is 10.1. The molecule has 0 aliphatic carbocycles. The zero-order chi connectivity index (χ0) is 5.11. The summed E-state index contributed by atoms with van der Waals surface area (Å²) in [4.78, 5) is 0. The van der Waals surface area contributed by atoms with Gasteiger partial charge in [-0.05, 0) is 5.30 Å². The van der Waals surface area contributed by atoms with E-state index in [0.29, 0.717) is 0 Å². The van der Waals surface area contributed by atoms with Crippen molar-refractivity contribution in [3.05, 3.63) is 30.3 Å². The van der Waals surface area contributed by atoms with E-state index in [1.54, 1.807) is 0 Å². The largest absolute Gasteiger partial charge is 0.106 e. The van der Waals surface area contributed by atoms with Crippen molar-refractivity contribution in [3.8, 4) is 0 Å². The fraction of sp³-hybridized carbons (Fsp3) is 0. The first-order valence-corrected chi connectivity index (χ1v) is 2.78.